The molecule has 8 atom stereocenters. The Balaban J connectivity index is 1.72. The summed E-state index contributed by atoms with van der Waals surface area (Å²) in [6.07, 6.45) is 10.4. The lowest BCUT2D eigenvalue weighted by Crippen LogP contribution is -2.48. The Morgan fingerprint density at radius 3 is 2.56 bits per heavy atom. The molecule has 3 nitrogen and oxygen atoms in total. The molecule has 0 aromatic carbocycles. The van der Waals surface area contributed by atoms with Crippen molar-refractivity contribution in [2.24, 2.45) is 41.4 Å². The maximum atomic E-state index is 12.3. The summed E-state index contributed by atoms with van der Waals surface area (Å²) in [6, 6.07) is 0. The second-order valence-electron chi connectivity index (χ2n) is 9.82. The highest BCUT2D eigenvalue weighted by Crippen LogP contribution is 2.56. The number of rotatable bonds is 7. The van der Waals surface area contributed by atoms with Crippen LogP contribution >= 0.6 is 15.9 Å². The second kappa shape index (κ2) is 9.26. The van der Waals surface area contributed by atoms with Gasteiger partial charge in [0, 0.05) is 13.0 Å². The number of hydrogen-bond acceptors (Lipinski definition) is 3. The van der Waals surface area contributed by atoms with E-state index in [-0.39, 0.29) is 5.92 Å². The summed E-state index contributed by atoms with van der Waals surface area (Å²) in [6.45, 7) is 5.14. The van der Waals surface area contributed by atoms with Gasteiger partial charge in [0.1, 0.15) is 5.78 Å². The molecule has 0 aromatic heterocycles. The molecule has 3 saturated carbocycles. The molecule has 0 spiro atoms. The van der Waals surface area contributed by atoms with Crippen LogP contribution in [0.1, 0.15) is 71.6 Å². The normalized spacial score (nSPS) is 44.9. The summed E-state index contributed by atoms with van der Waals surface area (Å²) in [5.41, 5.74) is -0.604. The van der Waals surface area contributed by atoms with Crippen LogP contribution in [-0.4, -0.2) is 35.5 Å². The van der Waals surface area contributed by atoms with Crippen LogP contribution in [0.15, 0.2) is 0 Å². The van der Waals surface area contributed by atoms with E-state index < -0.39 is 5.60 Å². The number of Topliss-reactive ketones (excluding diaryl/α,β-unsaturated/α-hetero) is 1. The summed E-state index contributed by atoms with van der Waals surface area (Å²) >= 11 is 3.39. The molecule has 0 radical (unpaired) electrons. The van der Waals surface area contributed by atoms with E-state index in [4.69, 9.17) is 4.74 Å². The lowest BCUT2D eigenvalue weighted by molar-refractivity contribution is -0.122. The Morgan fingerprint density at radius 2 is 1.89 bits per heavy atom. The quantitative estimate of drug-likeness (QED) is 0.548. The van der Waals surface area contributed by atoms with Gasteiger partial charge in [-0.05, 0) is 80.5 Å². The van der Waals surface area contributed by atoms with E-state index in [0.717, 1.165) is 49.4 Å². The minimum absolute atomic E-state index is 0.271. The van der Waals surface area contributed by atoms with Crippen LogP contribution < -0.4 is 0 Å². The maximum absolute atomic E-state index is 12.3. The molecule has 1 N–H and O–H groups in total. The first-order chi connectivity index (χ1) is 12.9. The zero-order valence-corrected chi connectivity index (χ0v) is 19.0. The van der Waals surface area contributed by atoms with Crippen molar-refractivity contribution in [3.63, 3.8) is 0 Å². The first-order valence-electron chi connectivity index (χ1n) is 11.2. The van der Waals surface area contributed by atoms with Gasteiger partial charge in [-0.15, -0.1) is 0 Å². The minimum atomic E-state index is -0.604. The number of alkyl halides is 1. The number of halogens is 1. The van der Waals surface area contributed by atoms with Crippen molar-refractivity contribution in [2.45, 2.75) is 77.2 Å². The number of methoxy groups -OCH3 is 1. The molecule has 156 valence electrons. The number of ether oxygens (including phenoxy) is 1. The summed E-state index contributed by atoms with van der Waals surface area (Å²) in [5, 5.41) is 11.4. The van der Waals surface area contributed by atoms with Crippen molar-refractivity contribution < 1.29 is 14.6 Å². The van der Waals surface area contributed by atoms with Gasteiger partial charge < -0.3 is 9.84 Å². The second-order valence-corrected chi connectivity index (χ2v) is 10.4. The molecule has 0 amide bonds. The van der Waals surface area contributed by atoms with E-state index in [2.05, 4.69) is 29.8 Å². The SMILES string of the molecule is CCC[C@H]1[C@H]([C@@H]2CC[C@H](C(=O)CBr)[C@@H]2C)CC[C@H]2C[C@@](O)(COC)CC[C@@H]21. The maximum Gasteiger partial charge on any atom is 0.146 e. The summed E-state index contributed by atoms with van der Waals surface area (Å²) in [5.74, 6) is 4.91. The lowest BCUT2D eigenvalue weighted by Gasteiger charge is -2.52. The molecule has 0 heterocycles. The van der Waals surface area contributed by atoms with Crippen molar-refractivity contribution in [1.82, 2.24) is 0 Å². The number of hydrogen-bond donors (Lipinski definition) is 1. The standard InChI is InChI=1S/C23H39BrO3/c1-4-5-20-19-10-11-23(26,14-27-3)12-16(19)6-7-21(20)17-8-9-18(15(17)2)22(25)13-24/h15-21,26H,4-14H2,1-3H3/t15-,16+,17-,18+,19+,20-,21+,23-/m1/s1. The molecule has 3 aliphatic carbocycles. The molecule has 27 heavy (non-hydrogen) atoms. The van der Waals surface area contributed by atoms with E-state index in [1.165, 1.54) is 32.1 Å². The van der Waals surface area contributed by atoms with Crippen LogP contribution in [0.25, 0.3) is 0 Å². The third kappa shape index (κ3) is 4.48. The molecule has 0 aliphatic heterocycles. The van der Waals surface area contributed by atoms with Crippen LogP contribution in [0.4, 0.5) is 0 Å². The van der Waals surface area contributed by atoms with Crippen LogP contribution in [0, 0.1) is 41.4 Å². The zero-order valence-electron chi connectivity index (χ0n) is 17.5. The van der Waals surface area contributed by atoms with E-state index >= 15 is 0 Å². The Kier molecular flexibility index (Phi) is 7.46. The molecule has 3 fully saturated rings. The average Bonchev–Trinajstić information content (AvgIpc) is 3.02. The smallest absolute Gasteiger partial charge is 0.146 e. The molecule has 0 unspecified atom stereocenters. The molecule has 0 saturated heterocycles. The van der Waals surface area contributed by atoms with Crippen LogP contribution in [0.2, 0.25) is 0 Å². The third-order valence-corrected chi connectivity index (χ3v) is 8.97. The predicted octanol–water partition coefficient (Wildman–Crippen LogP) is 5.23. The van der Waals surface area contributed by atoms with Crippen molar-refractivity contribution in [3.8, 4) is 0 Å². The van der Waals surface area contributed by atoms with Gasteiger partial charge >= 0.3 is 0 Å². The van der Waals surface area contributed by atoms with E-state index in [1.54, 1.807) is 7.11 Å². The molecular weight excluding hydrogens is 404 g/mol. The molecular formula is C23H39BrO3. The van der Waals surface area contributed by atoms with Crippen molar-refractivity contribution in [2.75, 3.05) is 19.0 Å². The van der Waals surface area contributed by atoms with Gasteiger partial charge in [0.2, 0.25) is 0 Å². The first-order valence-corrected chi connectivity index (χ1v) is 12.4. The van der Waals surface area contributed by atoms with Gasteiger partial charge in [0.15, 0.2) is 0 Å². The van der Waals surface area contributed by atoms with Crippen molar-refractivity contribution >= 4 is 21.7 Å². The number of aliphatic hydroxyl groups is 1. The fourth-order valence-electron chi connectivity index (χ4n) is 7.28. The van der Waals surface area contributed by atoms with Gasteiger partial charge in [-0.2, -0.15) is 0 Å². The van der Waals surface area contributed by atoms with Gasteiger partial charge in [0.25, 0.3) is 0 Å². The van der Waals surface area contributed by atoms with E-state index in [0.29, 0.717) is 29.6 Å². The Hall–Kier alpha value is 0.0700. The number of ketones is 1. The summed E-state index contributed by atoms with van der Waals surface area (Å²) < 4.78 is 5.31. The van der Waals surface area contributed by atoms with Gasteiger partial charge in [-0.3, -0.25) is 4.79 Å². The fraction of sp³-hybridized carbons (Fsp3) is 0.957. The zero-order chi connectivity index (χ0) is 19.6. The molecule has 3 aliphatic rings. The first kappa shape index (κ1) is 21.8. The number of carbonyl (C=O) groups excluding carboxylic acids is 1. The third-order valence-electron chi connectivity index (χ3n) is 8.41. The highest BCUT2D eigenvalue weighted by atomic mass is 79.9. The molecule has 4 heteroatoms. The van der Waals surface area contributed by atoms with E-state index in [1.807, 2.05) is 0 Å². The van der Waals surface area contributed by atoms with E-state index in [9.17, 15) is 9.90 Å². The summed E-state index contributed by atoms with van der Waals surface area (Å²) in [7, 11) is 1.70. The van der Waals surface area contributed by atoms with Crippen LogP contribution in [-0.2, 0) is 9.53 Å². The fourth-order valence-corrected chi connectivity index (χ4v) is 7.69. The Bertz CT molecular complexity index is 510. The van der Waals surface area contributed by atoms with Crippen molar-refractivity contribution in [1.29, 1.82) is 0 Å². The number of fused-ring (bicyclic) bond motifs is 1. The minimum Gasteiger partial charge on any atom is -0.387 e. The highest BCUT2D eigenvalue weighted by molar-refractivity contribution is 9.09. The molecule has 0 aromatic rings. The number of carbonyl (C=O) groups is 1. The monoisotopic (exact) mass is 442 g/mol. The van der Waals surface area contributed by atoms with Gasteiger partial charge in [0.05, 0.1) is 17.5 Å². The topological polar surface area (TPSA) is 46.5 Å². The van der Waals surface area contributed by atoms with Crippen LogP contribution in [0.3, 0.4) is 0 Å². The van der Waals surface area contributed by atoms with Crippen LogP contribution in [0.5, 0.6) is 0 Å². The lowest BCUT2D eigenvalue weighted by atomic mass is 9.55. The summed E-state index contributed by atoms with van der Waals surface area (Å²) in [4.78, 5) is 12.3. The van der Waals surface area contributed by atoms with Crippen molar-refractivity contribution in [3.05, 3.63) is 0 Å². The van der Waals surface area contributed by atoms with Gasteiger partial charge in [-0.1, -0.05) is 42.6 Å². The highest BCUT2D eigenvalue weighted by Gasteiger charge is 2.50. The Labute approximate surface area is 174 Å². The molecule has 3 rings (SSSR count). The largest absolute Gasteiger partial charge is 0.387 e. The van der Waals surface area contributed by atoms with Gasteiger partial charge in [-0.25, -0.2) is 0 Å². The predicted molar refractivity (Wildman–Crippen MR) is 113 cm³/mol. The molecule has 0 bridgehead atoms. The average molecular weight is 443 g/mol. The Morgan fingerprint density at radius 1 is 1.15 bits per heavy atom.